The van der Waals surface area contributed by atoms with Gasteiger partial charge in [-0.25, -0.2) is 9.78 Å². The zero-order valence-electron chi connectivity index (χ0n) is 25.1. The van der Waals surface area contributed by atoms with Gasteiger partial charge in [0.1, 0.15) is 5.56 Å². The van der Waals surface area contributed by atoms with E-state index >= 15 is 0 Å². The van der Waals surface area contributed by atoms with E-state index in [2.05, 4.69) is 10.6 Å². The number of aliphatic hydroxyl groups is 1. The maximum absolute atomic E-state index is 13.1. The van der Waals surface area contributed by atoms with Crippen LogP contribution in [-0.4, -0.2) is 44.4 Å². The van der Waals surface area contributed by atoms with Crippen molar-refractivity contribution in [3.63, 3.8) is 0 Å². The molecule has 0 aliphatic heterocycles. The molecule has 0 spiro atoms. The Bertz CT molecular complexity index is 1930. The number of hydrogen-bond donors (Lipinski definition) is 3. The van der Waals surface area contributed by atoms with Gasteiger partial charge in [-0.3, -0.25) is 14.2 Å². The van der Waals surface area contributed by atoms with E-state index in [1.54, 1.807) is 25.3 Å². The number of benzene rings is 2. The minimum Gasteiger partial charge on any atom is -0.481 e. The molecule has 1 saturated carbocycles. The van der Waals surface area contributed by atoms with Gasteiger partial charge in [0.05, 0.1) is 40.7 Å². The Kier molecular flexibility index (Phi) is 8.58. The Labute approximate surface area is 269 Å². The lowest BCUT2D eigenvalue weighted by atomic mass is 9.99. The molecule has 10 nitrogen and oxygen atoms in total. The van der Waals surface area contributed by atoms with Crippen LogP contribution in [0.25, 0.3) is 22.4 Å². The molecular weight excluding hydrogens is 617 g/mol. The number of carbonyl (C=O) groups excluding carboxylic acids is 1. The van der Waals surface area contributed by atoms with E-state index in [0.29, 0.717) is 45.7 Å². The van der Waals surface area contributed by atoms with E-state index in [-0.39, 0.29) is 22.3 Å². The van der Waals surface area contributed by atoms with Gasteiger partial charge in [-0.1, -0.05) is 66.4 Å². The molecule has 2 aliphatic carbocycles. The van der Waals surface area contributed by atoms with E-state index in [9.17, 15) is 19.5 Å². The fourth-order valence-electron chi connectivity index (χ4n) is 6.38. The second-order valence-corrected chi connectivity index (χ2v) is 12.3. The van der Waals surface area contributed by atoms with Gasteiger partial charge in [-0.15, -0.1) is 0 Å². The zero-order chi connectivity index (χ0) is 32.0. The molecular formula is C33H33Cl2N5O5. The molecule has 1 fully saturated rings. The SMILES string of the molecule is COc1nc(-c2cccc(-c3cccc(NC(=O)c4cn(C)c(=O)n(C)c4=O)c3Cl)c2Cl)cc2c1[C@@H](NC1CCCC1)[C@H](O)C2. The highest BCUT2D eigenvalue weighted by Crippen LogP contribution is 2.44. The van der Waals surface area contributed by atoms with Gasteiger partial charge < -0.3 is 25.0 Å². The van der Waals surface area contributed by atoms with Crippen molar-refractivity contribution in [3.8, 4) is 28.3 Å². The van der Waals surface area contributed by atoms with Gasteiger partial charge in [0.25, 0.3) is 11.5 Å². The molecule has 6 rings (SSSR count). The monoisotopic (exact) mass is 649 g/mol. The normalized spacial score (nSPS) is 17.8. The van der Waals surface area contributed by atoms with Crippen molar-refractivity contribution in [2.45, 2.75) is 50.3 Å². The fraction of sp³-hybridized carbons (Fsp3) is 0.333. The minimum absolute atomic E-state index is 0.205. The van der Waals surface area contributed by atoms with Crippen LogP contribution in [0.2, 0.25) is 10.0 Å². The predicted molar refractivity (Wildman–Crippen MR) is 174 cm³/mol. The molecule has 45 heavy (non-hydrogen) atoms. The summed E-state index contributed by atoms with van der Waals surface area (Å²) in [6, 6.07) is 12.7. The number of nitrogens with zero attached hydrogens (tertiary/aromatic N) is 3. The summed E-state index contributed by atoms with van der Waals surface area (Å²) < 4.78 is 7.78. The van der Waals surface area contributed by atoms with Crippen LogP contribution in [0, 0.1) is 0 Å². The van der Waals surface area contributed by atoms with Gasteiger partial charge in [0, 0.05) is 55.0 Å². The van der Waals surface area contributed by atoms with E-state index in [4.69, 9.17) is 32.9 Å². The molecule has 234 valence electrons. The maximum atomic E-state index is 13.1. The number of aliphatic hydroxyl groups excluding tert-OH is 1. The van der Waals surface area contributed by atoms with Crippen molar-refractivity contribution in [1.29, 1.82) is 0 Å². The summed E-state index contributed by atoms with van der Waals surface area (Å²) in [5.74, 6) is -0.259. The Hall–Kier alpha value is -3.96. The van der Waals surface area contributed by atoms with Crippen molar-refractivity contribution in [3.05, 3.63) is 96.2 Å². The topological polar surface area (TPSA) is 127 Å². The molecule has 0 unspecified atom stereocenters. The van der Waals surface area contributed by atoms with Crippen LogP contribution in [0.3, 0.4) is 0 Å². The van der Waals surface area contributed by atoms with E-state index in [1.165, 1.54) is 33.1 Å². The summed E-state index contributed by atoms with van der Waals surface area (Å²) in [6.07, 6.45) is 5.63. The molecule has 1 amide bonds. The summed E-state index contributed by atoms with van der Waals surface area (Å²) in [6.45, 7) is 0. The zero-order valence-corrected chi connectivity index (χ0v) is 26.6. The summed E-state index contributed by atoms with van der Waals surface area (Å²) in [7, 11) is 4.34. The van der Waals surface area contributed by atoms with Crippen molar-refractivity contribution in [1.82, 2.24) is 19.4 Å². The predicted octanol–water partition coefficient (Wildman–Crippen LogP) is 4.87. The number of fused-ring (bicyclic) bond motifs is 1. The molecule has 2 aliphatic rings. The van der Waals surface area contributed by atoms with Crippen LogP contribution >= 0.6 is 23.2 Å². The van der Waals surface area contributed by atoms with Gasteiger partial charge in [0.15, 0.2) is 0 Å². The third-order valence-corrected chi connectivity index (χ3v) is 9.52. The number of rotatable bonds is 7. The third-order valence-electron chi connectivity index (χ3n) is 8.70. The first kappa shape index (κ1) is 31.0. The number of anilines is 1. The number of nitrogens with one attached hydrogen (secondary N) is 2. The largest absolute Gasteiger partial charge is 0.481 e. The lowest BCUT2D eigenvalue weighted by molar-refractivity contribution is 0.102. The Morgan fingerprint density at radius 3 is 2.40 bits per heavy atom. The maximum Gasteiger partial charge on any atom is 0.330 e. The molecule has 3 N–H and O–H groups in total. The second kappa shape index (κ2) is 12.4. The average molecular weight is 651 g/mol. The van der Waals surface area contributed by atoms with Gasteiger partial charge in [-0.05, 0) is 30.5 Å². The molecule has 4 aromatic rings. The van der Waals surface area contributed by atoms with Crippen molar-refractivity contribution in [2.75, 3.05) is 12.4 Å². The van der Waals surface area contributed by atoms with Crippen molar-refractivity contribution >= 4 is 34.8 Å². The van der Waals surface area contributed by atoms with Crippen molar-refractivity contribution in [2.24, 2.45) is 14.1 Å². The lowest BCUT2D eigenvalue weighted by Crippen LogP contribution is -2.40. The Morgan fingerprint density at radius 2 is 1.69 bits per heavy atom. The average Bonchev–Trinajstić information content (AvgIpc) is 3.66. The highest BCUT2D eigenvalue weighted by atomic mass is 35.5. The molecule has 2 aromatic carbocycles. The third kappa shape index (κ3) is 5.68. The molecule has 2 atom stereocenters. The molecule has 0 radical (unpaired) electrons. The number of methoxy groups -OCH3 is 1. The van der Waals surface area contributed by atoms with E-state index in [1.807, 2.05) is 24.3 Å². The number of pyridine rings is 1. The van der Waals surface area contributed by atoms with Gasteiger partial charge in [-0.2, -0.15) is 0 Å². The van der Waals surface area contributed by atoms with Gasteiger partial charge in [0.2, 0.25) is 5.88 Å². The molecule has 2 aromatic heterocycles. The van der Waals surface area contributed by atoms with Crippen LogP contribution in [0.15, 0.2) is 58.3 Å². The lowest BCUT2D eigenvalue weighted by Gasteiger charge is -2.23. The highest BCUT2D eigenvalue weighted by molar-refractivity contribution is 6.39. The van der Waals surface area contributed by atoms with Crippen molar-refractivity contribution < 1.29 is 14.6 Å². The number of amides is 1. The minimum atomic E-state index is -0.718. The van der Waals surface area contributed by atoms with E-state index < -0.39 is 23.3 Å². The number of carbonyl (C=O) groups is 1. The standard InChI is InChI=1S/C33H33Cl2N5O5/c1-39-16-22(32(43)40(2)33(39)44)30(42)37-23-13-7-11-20(28(23)35)19-10-6-12-21(27(19)34)24-14-17-15-25(41)29(26(17)31(38-24)45-3)36-18-8-4-5-9-18/h6-7,10-14,16,18,25,29,36,41H,4-5,8-9,15H2,1-3H3,(H,37,42)/t25-,29+/m1/s1. The van der Waals surface area contributed by atoms with Crippen LogP contribution in [0.1, 0.15) is 53.2 Å². The fourth-order valence-corrected chi connectivity index (χ4v) is 6.98. The summed E-state index contributed by atoms with van der Waals surface area (Å²) >= 11 is 13.8. The Morgan fingerprint density at radius 1 is 1.02 bits per heavy atom. The quantitative estimate of drug-likeness (QED) is 0.261. The summed E-state index contributed by atoms with van der Waals surface area (Å²) in [5, 5.41) is 17.9. The van der Waals surface area contributed by atoms with Gasteiger partial charge >= 0.3 is 5.69 Å². The first-order chi connectivity index (χ1) is 21.6. The van der Waals surface area contributed by atoms with E-state index in [0.717, 1.165) is 33.1 Å². The smallest absolute Gasteiger partial charge is 0.330 e. The van der Waals surface area contributed by atoms with Crippen LogP contribution in [-0.2, 0) is 20.5 Å². The number of ether oxygens (including phenoxy) is 1. The molecule has 2 heterocycles. The summed E-state index contributed by atoms with van der Waals surface area (Å²) in [4.78, 5) is 42.6. The molecule has 0 bridgehead atoms. The first-order valence-electron chi connectivity index (χ1n) is 14.8. The molecule has 0 saturated heterocycles. The number of halogens is 2. The number of hydrogen-bond acceptors (Lipinski definition) is 7. The summed E-state index contributed by atoms with van der Waals surface area (Å²) in [5.41, 5.74) is 3.04. The number of aryl methyl sites for hydroxylation is 1. The van der Waals surface area contributed by atoms with Crippen LogP contribution in [0.5, 0.6) is 5.88 Å². The van der Waals surface area contributed by atoms with Crippen LogP contribution < -0.4 is 26.6 Å². The van der Waals surface area contributed by atoms with Crippen LogP contribution in [0.4, 0.5) is 5.69 Å². The first-order valence-corrected chi connectivity index (χ1v) is 15.5. The highest BCUT2D eigenvalue weighted by Gasteiger charge is 2.37. The second-order valence-electron chi connectivity index (χ2n) is 11.6. The molecule has 12 heteroatoms. The Balaban J connectivity index is 1.34. The number of aromatic nitrogens is 3.